The smallest absolute Gasteiger partial charge is 0.266 e. The molecule has 7 nitrogen and oxygen atoms in total. The Morgan fingerprint density at radius 2 is 1.68 bits per heavy atom. The Balaban J connectivity index is 2.46. The monoisotopic (exact) mass is 322 g/mol. The third-order valence-electron chi connectivity index (χ3n) is 3.63. The van der Waals surface area contributed by atoms with Crippen LogP contribution in [0.5, 0.6) is 0 Å². The molecule has 2 aromatic rings. The van der Waals surface area contributed by atoms with E-state index in [9.17, 15) is 13.2 Å². The molecule has 0 atom stereocenters. The topological polar surface area (TPSA) is 94.0 Å². The highest BCUT2D eigenvalue weighted by atomic mass is 32.2. The number of nitrogens with zero attached hydrogens (tertiary/aromatic N) is 3. The lowest BCUT2D eigenvalue weighted by Crippen LogP contribution is -2.32. The zero-order valence-corrected chi connectivity index (χ0v) is 13.9. The molecule has 1 aromatic carbocycles. The molecule has 1 amide bonds. The van der Waals surface area contributed by atoms with Gasteiger partial charge in [0.1, 0.15) is 0 Å². The molecule has 0 spiro atoms. The van der Waals surface area contributed by atoms with Crippen LogP contribution in [-0.4, -0.2) is 29.3 Å². The zero-order chi connectivity index (χ0) is 16.7. The van der Waals surface area contributed by atoms with E-state index in [1.165, 1.54) is 10.9 Å². The van der Waals surface area contributed by atoms with E-state index in [4.69, 9.17) is 0 Å². The van der Waals surface area contributed by atoms with Gasteiger partial charge in [-0.2, -0.15) is 0 Å². The van der Waals surface area contributed by atoms with Crippen LogP contribution in [0.1, 0.15) is 32.7 Å². The summed E-state index contributed by atoms with van der Waals surface area (Å²) in [6.45, 7) is 7.13. The highest BCUT2D eigenvalue weighted by molar-refractivity contribution is 7.90. The van der Waals surface area contributed by atoms with Gasteiger partial charge in [0, 0.05) is 7.05 Å². The van der Waals surface area contributed by atoms with E-state index in [1.54, 1.807) is 20.9 Å². The molecule has 1 heterocycles. The normalized spacial score (nSPS) is 11.5. The quantitative estimate of drug-likeness (QED) is 0.915. The number of amides is 1. The van der Waals surface area contributed by atoms with E-state index < -0.39 is 15.9 Å². The van der Waals surface area contributed by atoms with E-state index in [-0.39, 0.29) is 10.6 Å². The Morgan fingerprint density at radius 1 is 1.14 bits per heavy atom. The van der Waals surface area contributed by atoms with Gasteiger partial charge < -0.3 is 0 Å². The summed E-state index contributed by atoms with van der Waals surface area (Å²) in [5, 5.41) is 7.22. The lowest BCUT2D eigenvalue weighted by Gasteiger charge is -2.15. The van der Waals surface area contributed by atoms with Crippen molar-refractivity contribution >= 4 is 15.9 Å². The molecule has 0 aliphatic rings. The molecule has 0 saturated carbocycles. The Labute approximate surface area is 129 Å². The van der Waals surface area contributed by atoms with Crippen LogP contribution < -0.4 is 4.72 Å². The minimum atomic E-state index is -3.98. The van der Waals surface area contributed by atoms with Gasteiger partial charge in [0.05, 0.1) is 11.1 Å². The first-order valence-corrected chi connectivity index (χ1v) is 8.12. The summed E-state index contributed by atoms with van der Waals surface area (Å²) in [4.78, 5) is 12.2. The molecule has 1 aromatic heterocycles. The maximum absolute atomic E-state index is 12.6. The lowest BCUT2D eigenvalue weighted by atomic mass is 10.0. The summed E-state index contributed by atoms with van der Waals surface area (Å²) in [6.07, 6.45) is 1.35. The fourth-order valence-corrected chi connectivity index (χ4v) is 3.84. The first-order chi connectivity index (χ1) is 10.1. The van der Waals surface area contributed by atoms with Crippen LogP contribution in [0.15, 0.2) is 17.2 Å². The summed E-state index contributed by atoms with van der Waals surface area (Å²) in [6, 6.07) is 1.92. The zero-order valence-electron chi connectivity index (χ0n) is 13.1. The lowest BCUT2D eigenvalue weighted by molar-refractivity contribution is 0.0976. The molecule has 0 fully saturated rings. The fourth-order valence-electron chi connectivity index (χ4n) is 2.26. The second-order valence-electron chi connectivity index (χ2n) is 5.30. The highest BCUT2D eigenvalue weighted by Gasteiger charge is 2.25. The van der Waals surface area contributed by atoms with Crippen LogP contribution in [0.2, 0.25) is 0 Å². The van der Waals surface area contributed by atoms with Crippen molar-refractivity contribution in [3.63, 3.8) is 0 Å². The summed E-state index contributed by atoms with van der Waals surface area (Å²) in [7, 11) is -2.39. The van der Waals surface area contributed by atoms with Crippen LogP contribution in [0.25, 0.3) is 0 Å². The molecular formula is C14H18N4O3S. The van der Waals surface area contributed by atoms with Crippen molar-refractivity contribution in [1.29, 1.82) is 0 Å². The molecule has 0 radical (unpaired) electrons. The Kier molecular flexibility index (Phi) is 4.06. The number of rotatable bonds is 3. The van der Waals surface area contributed by atoms with Gasteiger partial charge in [0.25, 0.3) is 15.9 Å². The van der Waals surface area contributed by atoms with Gasteiger partial charge in [-0.05, 0) is 49.9 Å². The molecule has 8 heteroatoms. The van der Waals surface area contributed by atoms with Gasteiger partial charge in [0.15, 0.2) is 5.69 Å². The molecule has 118 valence electrons. The summed E-state index contributed by atoms with van der Waals surface area (Å²) >= 11 is 0. The van der Waals surface area contributed by atoms with Gasteiger partial charge in [-0.3, -0.25) is 9.48 Å². The minimum absolute atomic E-state index is 0.0502. The minimum Gasteiger partial charge on any atom is -0.266 e. The highest BCUT2D eigenvalue weighted by Crippen LogP contribution is 2.25. The van der Waals surface area contributed by atoms with Gasteiger partial charge in [0.2, 0.25) is 0 Å². The third-order valence-corrected chi connectivity index (χ3v) is 5.23. The molecule has 2 rings (SSSR count). The van der Waals surface area contributed by atoms with Gasteiger partial charge in [-0.1, -0.05) is 11.3 Å². The predicted octanol–water partition coefficient (Wildman–Crippen LogP) is 1.17. The number of hydrogen-bond donors (Lipinski definition) is 1. The number of hydrogen-bond acceptors (Lipinski definition) is 5. The average molecular weight is 322 g/mol. The van der Waals surface area contributed by atoms with Crippen molar-refractivity contribution in [2.45, 2.75) is 32.6 Å². The molecular weight excluding hydrogens is 304 g/mol. The van der Waals surface area contributed by atoms with Crippen molar-refractivity contribution < 1.29 is 13.2 Å². The standard InChI is InChI=1S/C14H18N4O3S/c1-8-6-9(2)11(4)13(10(8)3)22(20,21)16-14(19)12-7-18(5)17-15-12/h6-7H,1-5H3,(H,16,19). The number of carbonyl (C=O) groups is 1. The van der Waals surface area contributed by atoms with E-state index in [2.05, 4.69) is 15.0 Å². The fraction of sp³-hybridized carbons (Fsp3) is 0.357. The second kappa shape index (κ2) is 5.53. The molecule has 0 aliphatic heterocycles. The number of nitrogens with one attached hydrogen (secondary N) is 1. The SMILES string of the molecule is Cc1cc(C)c(C)c(S(=O)(=O)NC(=O)c2cn(C)nn2)c1C. The van der Waals surface area contributed by atoms with E-state index in [1.807, 2.05) is 19.9 Å². The van der Waals surface area contributed by atoms with Crippen molar-refractivity contribution in [2.24, 2.45) is 7.05 Å². The van der Waals surface area contributed by atoms with Gasteiger partial charge >= 0.3 is 0 Å². The second-order valence-corrected chi connectivity index (χ2v) is 6.92. The van der Waals surface area contributed by atoms with Crippen LogP contribution in [0.3, 0.4) is 0 Å². The summed E-state index contributed by atoms with van der Waals surface area (Å²) in [5.74, 6) is -0.800. The molecule has 1 N–H and O–H groups in total. The average Bonchev–Trinajstić information content (AvgIpc) is 2.83. The van der Waals surface area contributed by atoms with Crippen LogP contribution in [0, 0.1) is 27.7 Å². The largest absolute Gasteiger partial charge is 0.287 e. The van der Waals surface area contributed by atoms with Crippen LogP contribution in [-0.2, 0) is 17.1 Å². The number of benzene rings is 1. The number of sulfonamides is 1. The predicted molar refractivity (Wildman–Crippen MR) is 81.0 cm³/mol. The van der Waals surface area contributed by atoms with Gasteiger partial charge in [-0.25, -0.2) is 13.1 Å². The van der Waals surface area contributed by atoms with Crippen molar-refractivity contribution in [3.8, 4) is 0 Å². The van der Waals surface area contributed by atoms with E-state index in [0.29, 0.717) is 11.1 Å². The molecule has 0 bridgehead atoms. The van der Waals surface area contributed by atoms with Crippen LogP contribution in [0.4, 0.5) is 0 Å². The van der Waals surface area contributed by atoms with Crippen LogP contribution >= 0.6 is 0 Å². The maximum atomic E-state index is 12.6. The molecule has 0 aliphatic carbocycles. The maximum Gasteiger partial charge on any atom is 0.287 e. The molecule has 22 heavy (non-hydrogen) atoms. The van der Waals surface area contributed by atoms with Gasteiger partial charge in [-0.15, -0.1) is 5.10 Å². The van der Waals surface area contributed by atoms with E-state index >= 15 is 0 Å². The number of carbonyl (C=O) groups excluding carboxylic acids is 1. The third kappa shape index (κ3) is 2.87. The van der Waals surface area contributed by atoms with Crippen molar-refractivity contribution in [3.05, 3.63) is 40.2 Å². The number of aromatic nitrogens is 3. The number of aryl methyl sites for hydroxylation is 3. The Bertz CT molecular complexity index is 827. The summed E-state index contributed by atoms with van der Waals surface area (Å²) in [5.41, 5.74) is 2.92. The van der Waals surface area contributed by atoms with Crippen molar-refractivity contribution in [1.82, 2.24) is 19.7 Å². The molecule has 0 unspecified atom stereocenters. The first-order valence-electron chi connectivity index (χ1n) is 6.64. The summed E-state index contributed by atoms with van der Waals surface area (Å²) < 4.78 is 28.5. The Hall–Kier alpha value is -2.22. The van der Waals surface area contributed by atoms with E-state index in [0.717, 1.165) is 11.1 Å². The Morgan fingerprint density at radius 3 is 2.14 bits per heavy atom. The molecule has 0 saturated heterocycles. The van der Waals surface area contributed by atoms with Crippen molar-refractivity contribution in [2.75, 3.05) is 0 Å². The first kappa shape index (κ1) is 16.2.